The molecular weight excluding hydrogens is 420 g/mol. The van der Waals surface area contributed by atoms with Crippen molar-refractivity contribution in [3.63, 3.8) is 0 Å². The summed E-state index contributed by atoms with van der Waals surface area (Å²) in [6.07, 6.45) is 1.46. The number of hydrogen-bond donors (Lipinski definition) is 1. The molecule has 23 heavy (non-hydrogen) atoms. The van der Waals surface area contributed by atoms with Gasteiger partial charge in [0.15, 0.2) is 0 Å². The fourth-order valence-electron chi connectivity index (χ4n) is 2.04. The summed E-state index contributed by atoms with van der Waals surface area (Å²) >= 11 is 8.44. The number of hydrogen-bond acceptors (Lipinski definition) is 3. The summed E-state index contributed by atoms with van der Waals surface area (Å²) in [6, 6.07) is 13.4. The number of halogens is 2. The van der Waals surface area contributed by atoms with Gasteiger partial charge in [0.2, 0.25) is 0 Å². The van der Waals surface area contributed by atoms with Gasteiger partial charge in [-0.1, -0.05) is 41.9 Å². The smallest absolute Gasteiger partial charge is 0.266 e. The largest absolute Gasteiger partial charge is 0.289 e. The molecule has 4 nitrogen and oxygen atoms in total. The number of benzene rings is 1. The van der Waals surface area contributed by atoms with E-state index in [4.69, 9.17) is 11.6 Å². The predicted octanol–water partition coefficient (Wildman–Crippen LogP) is 5.50. The second-order valence-corrected chi connectivity index (χ2v) is 7.48. The normalized spacial score (nSPS) is 12.1. The minimum Gasteiger partial charge on any atom is -0.289 e. The first-order valence-electron chi connectivity index (χ1n) is 6.42. The molecule has 0 bridgehead atoms. The van der Waals surface area contributed by atoms with Gasteiger partial charge in [-0.15, -0.1) is 11.3 Å². The van der Waals surface area contributed by atoms with Crippen LogP contribution in [0.15, 0.2) is 58.5 Å². The van der Waals surface area contributed by atoms with E-state index in [0.29, 0.717) is 21.0 Å². The maximum absolute atomic E-state index is 11.8. The van der Waals surface area contributed by atoms with Crippen molar-refractivity contribution < 1.29 is 8.76 Å². The zero-order valence-corrected chi connectivity index (χ0v) is 15.5. The summed E-state index contributed by atoms with van der Waals surface area (Å²) in [5.41, 5.74) is 2.15. The topological polar surface area (TPSA) is 53.4 Å². The van der Waals surface area contributed by atoms with E-state index in [-0.39, 0.29) is 0 Å². The lowest BCUT2D eigenvalue weighted by atomic mass is 10.2. The van der Waals surface area contributed by atoms with Crippen LogP contribution in [0.2, 0.25) is 5.15 Å². The molecule has 0 saturated heterocycles. The zero-order chi connectivity index (χ0) is 16.4. The highest BCUT2D eigenvalue weighted by Gasteiger charge is 2.18. The van der Waals surface area contributed by atoms with Gasteiger partial charge in [0.1, 0.15) is 5.15 Å². The Morgan fingerprint density at radius 3 is 2.61 bits per heavy atom. The molecule has 1 unspecified atom stereocenters. The third-order valence-corrected chi connectivity index (χ3v) is 5.89. The summed E-state index contributed by atoms with van der Waals surface area (Å²) in [5, 5.41) is 2.13. The molecule has 3 aromatic rings. The molecule has 0 radical (unpaired) electrons. The van der Waals surface area contributed by atoms with Crippen LogP contribution in [0.3, 0.4) is 0 Å². The van der Waals surface area contributed by atoms with Gasteiger partial charge in [-0.25, -0.2) is 13.5 Å². The van der Waals surface area contributed by atoms with Crippen LogP contribution in [0.1, 0.15) is 0 Å². The van der Waals surface area contributed by atoms with E-state index in [1.54, 1.807) is 6.07 Å². The molecule has 8 heteroatoms. The minimum absolute atomic E-state index is 0.299. The molecule has 0 fully saturated rings. The summed E-state index contributed by atoms with van der Waals surface area (Å²) in [5.74, 6) is 0. The minimum atomic E-state index is -2.23. The molecule has 0 aliphatic heterocycles. The molecule has 2 aromatic heterocycles. The Hall–Kier alpha value is -1.25. The summed E-state index contributed by atoms with van der Waals surface area (Å²) in [4.78, 5) is 5.02. The van der Waals surface area contributed by atoms with Crippen molar-refractivity contribution in [1.29, 1.82) is 0 Å². The van der Waals surface area contributed by atoms with E-state index >= 15 is 0 Å². The first-order chi connectivity index (χ1) is 11.1. The SMILES string of the molecule is O=S(O)N(c1csc(-c2ccccc2)c1)c1cnc(Cl)c(Br)c1. The monoisotopic (exact) mass is 428 g/mol. The van der Waals surface area contributed by atoms with Gasteiger partial charge in [0, 0.05) is 10.3 Å². The lowest BCUT2D eigenvalue weighted by Crippen LogP contribution is -2.18. The highest BCUT2D eigenvalue weighted by Crippen LogP contribution is 2.36. The number of aromatic nitrogens is 1. The summed E-state index contributed by atoms with van der Waals surface area (Å²) in [6.45, 7) is 0. The maximum Gasteiger partial charge on any atom is 0.266 e. The van der Waals surface area contributed by atoms with Gasteiger partial charge < -0.3 is 0 Å². The Kier molecular flexibility index (Phi) is 5.13. The van der Waals surface area contributed by atoms with Crippen molar-refractivity contribution in [2.75, 3.05) is 4.31 Å². The molecule has 1 atom stereocenters. The van der Waals surface area contributed by atoms with Crippen LogP contribution in [0.4, 0.5) is 11.4 Å². The zero-order valence-electron chi connectivity index (χ0n) is 11.5. The third kappa shape index (κ3) is 3.64. The number of anilines is 2. The Balaban J connectivity index is 2.01. The van der Waals surface area contributed by atoms with Gasteiger partial charge in [-0.3, -0.25) is 4.55 Å². The first-order valence-corrected chi connectivity index (χ1v) is 9.54. The molecule has 0 aliphatic carbocycles. The van der Waals surface area contributed by atoms with Crippen molar-refractivity contribution >= 4 is 61.5 Å². The van der Waals surface area contributed by atoms with Crippen molar-refractivity contribution in [3.05, 3.63) is 63.7 Å². The number of thiophene rings is 1. The molecule has 2 heterocycles. The molecule has 1 aromatic carbocycles. The van der Waals surface area contributed by atoms with Crippen LogP contribution in [0.5, 0.6) is 0 Å². The molecular formula is C15H10BrClN2O2S2. The van der Waals surface area contributed by atoms with Crippen LogP contribution >= 0.6 is 38.9 Å². The Labute approximate surface area is 153 Å². The highest BCUT2D eigenvalue weighted by atomic mass is 79.9. The van der Waals surface area contributed by atoms with Crippen molar-refractivity contribution in [1.82, 2.24) is 4.98 Å². The van der Waals surface area contributed by atoms with E-state index in [1.807, 2.05) is 41.8 Å². The Morgan fingerprint density at radius 2 is 1.96 bits per heavy atom. The fraction of sp³-hybridized carbons (Fsp3) is 0. The van der Waals surface area contributed by atoms with Gasteiger partial charge in [-0.2, -0.15) is 0 Å². The molecule has 0 spiro atoms. The van der Waals surface area contributed by atoms with Gasteiger partial charge in [0.05, 0.1) is 22.0 Å². The number of rotatable bonds is 4. The highest BCUT2D eigenvalue weighted by molar-refractivity contribution is 9.10. The lowest BCUT2D eigenvalue weighted by molar-refractivity contribution is 0.564. The molecule has 118 valence electrons. The van der Waals surface area contributed by atoms with E-state index in [0.717, 1.165) is 10.4 Å². The van der Waals surface area contributed by atoms with Gasteiger partial charge in [0.25, 0.3) is 11.3 Å². The average molecular weight is 430 g/mol. The third-order valence-electron chi connectivity index (χ3n) is 3.05. The van der Waals surface area contributed by atoms with Gasteiger partial charge in [-0.05, 0) is 33.6 Å². The van der Waals surface area contributed by atoms with Crippen LogP contribution in [-0.4, -0.2) is 13.7 Å². The second-order valence-electron chi connectivity index (χ2n) is 4.53. The van der Waals surface area contributed by atoms with E-state index in [1.165, 1.54) is 21.8 Å². The quantitative estimate of drug-likeness (QED) is 0.440. The van der Waals surface area contributed by atoms with E-state index in [2.05, 4.69) is 20.9 Å². The average Bonchev–Trinajstić information content (AvgIpc) is 3.01. The molecule has 1 N–H and O–H groups in total. The van der Waals surface area contributed by atoms with Crippen LogP contribution in [-0.2, 0) is 11.3 Å². The fourth-order valence-corrected chi connectivity index (χ4v) is 3.99. The number of nitrogens with zero attached hydrogens (tertiary/aromatic N) is 2. The van der Waals surface area contributed by atoms with Crippen molar-refractivity contribution in [2.24, 2.45) is 0 Å². The molecule has 3 rings (SSSR count). The predicted molar refractivity (Wildman–Crippen MR) is 99.6 cm³/mol. The number of pyridine rings is 1. The van der Waals surface area contributed by atoms with Crippen LogP contribution in [0.25, 0.3) is 10.4 Å². The van der Waals surface area contributed by atoms with Crippen LogP contribution < -0.4 is 4.31 Å². The first kappa shape index (κ1) is 16.6. The van der Waals surface area contributed by atoms with E-state index < -0.39 is 11.3 Å². The molecule has 0 saturated carbocycles. The summed E-state index contributed by atoms with van der Waals surface area (Å²) < 4.78 is 23.3. The molecule has 0 aliphatic rings. The molecule has 0 amide bonds. The second kappa shape index (κ2) is 7.11. The van der Waals surface area contributed by atoms with Crippen molar-refractivity contribution in [2.45, 2.75) is 0 Å². The lowest BCUT2D eigenvalue weighted by Gasteiger charge is -2.18. The van der Waals surface area contributed by atoms with Crippen molar-refractivity contribution in [3.8, 4) is 10.4 Å². The van der Waals surface area contributed by atoms with Crippen LogP contribution in [0, 0.1) is 0 Å². The maximum atomic E-state index is 11.8. The standard InChI is InChI=1S/C15H10BrClN2O2S2/c16-13-6-11(8-18-15(13)17)19(23(20)21)12-7-14(22-9-12)10-4-2-1-3-5-10/h1-9H,(H,20,21). The van der Waals surface area contributed by atoms with Gasteiger partial charge >= 0.3 is 0 Å². The summed E-state index contributed by atoms with van der Waals surface area (Å²) in [7, 11) is 0. The van der Waals surface area contributed by atoms with E-state index in [9.17, 15) is 8.76 Å². The Bertz CT molecular complexity index is 858. The Morgan fingerprint density at radius 1 is 1.22 bits per heavy atom.